The van der Waals surface area contributed by atoms with Crippen LogP contribution in [0.3, 0.4) is 0 Å². The van der Waals surface area contributed by atoms with E-state index in [0.29, 0.717) is 0 Å². The van der Waals surface area contributed by atoms with Crippen molar-refractivity contribution in [2.24, 2.45) is 0 Å². The Morgan fingerprint density at radius 3 is 2.49 bits per heavy atom. The molecule has 35 heavy (non-hydrogen) atoms. The predicted molar refractivity (Wildman–Crippen MR) is 127 cm³/mol. The van der Waals surface area contributed by atoms with Crippen LogP contribution in [0.15, 0.2) is 47.1 Å². The molecule has 0 aliphatic carbocycles. The number of halogens is 4. The Labute approximate surface area is 213 Å². The normalized spacial score (nSPS) is 10.9. The lowest BCUT2D eigenvalue weighted by molar-refractivity contribution is 0.0514. The lowest BCUT2D eigenvalue weighted by atomic mass is 10.0. The summed E-state index contributed by atoms with van der Waals surface area (Å²) in [4.78, 5) is 25.8. The highest BCUT2D eigenvalue weighted by Crippen LogP contribution is 2.39. The molecule has 0 aliphatic heterocycles. The lowest BCUT2D eigenvalue weighted by Crippen LogP contribution is -2.14. The van der Waals surface area contributed by atoms with Crippen LogP contribution >= 0.6 is 34.8 Å². The summed E-state index contributed by atoms with van der Waals surface area (Å²) >= 11 is 18.7. The molecule has 0 N–H and O–H groups in total. The molecule has 0 aliphatic rings. The molecule has 0 saturated heterocycles. The van der Waals surface area contributed by atoms with E-state index in [9.17, 15) is 14.0 Å². The number of esters is 2. The molecule has 0 bridgehead atoms. The van der Waals surface area contributed by atoms with E-state index in [-0.39, 0.29) is 61.2 Å². The van der Waals surface area contributed by atoms with Crippen LogP contribution in [0.5, 0.6) is 0 Å². The second kappa shape index (κ2) is 10.1. The average molecular weight is 539 g/mol. The van der Waals surface area contributed by atoms with Crippen LogP contribution in [0.2, 0.25) is 15.1 Å². The molecular weight excluding hydrogens is 524 g/mol. The van der Waals surface area contributed by atoms with Gasteiger partial charge in [0, 0.05) is 0 Å². The van der Waals surface area contributed by atoms with Crippen molar-refractivity contribution in [1.82, 2.24) is 14.9 Å². The van der Waals surface area contributed by atoms with E-state index in [1.54, 1.807) is 25.1 Å². The van der Waals surface area contributed by atoms with Crippen molar-refractivity contribution in [3.63, 3.8) is 0 Å². The zero-order chi connectivity index (χ0) is 25.3. The Morgan fingerprint density at radius 1 is 1.09 bits per heavy atom. The highest BCUT2D eigenvalue weighted by molar-refractivity contribution is 6.43. The molecule has 0 unspecified atom stereocenters. The smallest absolute Gasteiger partial charge is 0.357 e. The number of rotatable bonds is 6. The molecule has 4 aromatic rings. The van der Waals surface area contributed by atoms with Crippen molar-refractivity contribution in [3.8, 4) is 28.3 Å². The van der Waals surface area contributed by atoms with Crippen molar-refractivity contribution in [2.75, 3.05) is 13.7 Å². The largest absolute Gasteiger partial charge is 0.465 e. The van der Waals surface area contributed by atoms with Crippen molar-refractivity contribution >= 4 is 46.7 Å². The summed E-state index contributed by atoms with van der Waals surface area (Å²) in [6.45, 7) is 1.67. The summed E-state index contributed by atoms with van der Waals surface area (Å²) in [5.41, 5.74) is -0.493. The lowest BCUT2D eigenvalue weighted by Gasteiger charge is -2.11. The Bertz CT molecular complexity index is 1430. The quantitative estimate of drug-likeness (QED) is 0.267. The van der Waals surface area contributed by atoms with Crippen molar-refractivity contribution in [1.29, 1.82) is 0 Å². The van der Waals surface area contributed by atoms with E-state index in [1.807, 2.05) is 0 Å². The van der Waals surface area contributed by atoms with Gasteiger partial charge in [-0.25, -0.2) is 18.7 Å². The first-order chi connectivity index (χ1) is 16.8. The fourth-order valence-electron chi connectivity index (χ4n) is 3.41. The minimum Gasteiger partial charge on any atom is -0.465 e. The number of carbonyl (C=O) groups excluding carboxylic acids is 2. The van der Waals surface area contributed by atoms with Gasteiger partial charge in [0.1, 0.15) is 17.1 Å². The van der Waals surface area contributed by atoms with Crippen LogP contribution in [0.25, 0.3) is 28.3 Å². The number of hydrogen-bond acceptors (Lipinski definition) is 7. The molecule has 0 amide bonds. The number of nitrogens with zero attached hydrogens (tertiary/aromatic N) is 3. The number of benzene rings is 2. The molecule has 0 atom stereocenters. The topological polar surface area (TPSA) is 96.5 Å². The van der Waals surface area contributed by atoms with E-state index in [4.69, 9.17) is 48.8 Å². The van der Waals surface area contributed by atoms with Crippen molar-refractivity contribution < 1.29 is 28.0 Å². The van der Waals surface area contributed by atoms with E-state index >= 15 is 0 Å². The molecule has 12 heteroatoms. The van der Waals surface area contributed by atoms with Gasteiger partial charge >= 0.3 is 11.9 Å². The van der Waals surface area contributed by atoms with Crippen molar-refractivity contribution in [3.05, 3.63) is 74.7 Å². The SMILES string of the molecule is CCOC(=O)c1c(-c2onc(-c3c(F)cccc3Cl)c2C(=O)OC)cnn1-c1cccc(Cl)c1Cl. The average Bonchev–Trinajstić information content (AvgIpc) is 3.45. The molecule has 0 radical (unpaired) electrons. The van der Waals surface area contributed by atoms with E-state index in [0.717, 1.165) is 13.2 Å². The number of methoxy groups -OCH3 is 1. The summed E-state index contributed by atoms with van der Waals surface area (Å²) < 4.78 is 31.4. The van der Waals surface area contributed by atoms with Crippen LogP contribution < -0.4 is 0 Å². The van der Waals surface area contributed by atoms with Gasteiger partial charge in [0.15, 0.2) is 11.5 Å². The van der Waals surface area contributed by atoms with Gasteiger partial charge in [0.2, 0.25) is 0 Å². The minimum absolute atomic E-state index is 0.0120. The van der Waals surface area contributed by atoms with Crippen molar-refractivity contribution in [2.45, 2.75) is 6.92 Å². The Morgan fingerprint density at radius 2 is 1.80 bits per heavy atom. The Hall–Kier alpha value is -3.40. The highest BCUT2D eigenvalue weighted by Gasteiger charge is 2.33. The fraction of sp³-hybridized carbons (Fsp3) is 0.130. The van der Waals surface area contributed by atoms with Gasteiger partial charge in [-0.15, -0.1) is 0 Å². The summed E-state index contributed by atoms with van der Waals surface area (Å²) in [5, 5.41) is 8.46. The predicted octanol–water partition coefficient (Wildman–Crippen LogP) is 6.26. The van der Waals surface area contributed by atoms with Crippen LogP contribution in [0.1, 0.15) is 27.8 Å². The van der Waals surface area contributed by atoms with Gasteiger partial charge < -0.3 is 14.0 Å². The first kappa shape index (κ1) is 24.7. The molecule has 8 nitrogen and oxygen atoms in total. The summed E-state index contributed by atoms with van der Waals surface area (Å²) in [7, 11) is 1.13. The second-order valence-electron chi connectivity index (χ2n) is 6.94. The Balaban J connectivity index is 2.01. The summed E-state index contributed by atoms with van der Waals surface area (Å²) in [5.74, 6) is -2.65. The maximum atomic E-state index is 14.7. The first-order valence-corrected chi connectivity index (χ1v) is 11.2. The molecule has 4 rings (SSSR count). The second-order valence-corrected chi connectivity index (χ2v) is 8.13. The third-order valence-corrected chi connectivity index (χ3v) is 6.05. The minimum atomic E-state index is -0.904. The van der Waals surface area contributed by atoms with E-state index in [2.05, 4.69) is 10.3 Å². The maximum absolute atomic E-state index is 14.7. The number of carbonyl (C=O) groups is 2. The standard InChI is InChI=1S/C23H15Cl3FN3O5/c1-3-34-23(32)20-11(10-28-30(20)15-9-5-7-13(25)18(15)26)21-17(22(31)33-2)19(29-35-21)16-12(24)6-4-8-14(16)27/h4-10H,3H2,1-2H3. The van der Waals surface area contributed by atoms with Gasteiger partial charge in [-0.3, -0.25) is 0 Å². The van der Waals surface area contributed by atoms with Gasteiger partial charge in [0.05, 0.1) is 51.8 Å². The van der Waals surface area contributed by atoms with Gasteiger partial charge in [-0.05, 0) is 31.2 Å². The zero-order valence-corrected chi connectivity index (χ0v) is 20.4. The molecule has 180 valence electrons. The maximum Gasteiger partial charge on any atom is 0.357 e. The van der Waals surface area contributed by atoms with Crippen LogP contribution in [-0.2, 0) is 9.47 Å². The monoisotopic (exact) mass is 537 g/mol. The van der Waals surface area contributed by atoms with Gasteiger partial charge in [-0.2, -0.15) is 5.10 Å². The molecule has 2 heterocycles. The molecule has 0 saturated carbocycles. The van der Waals surface area contributed by atoms with Gasteiger partial charge in [0.25, 0.3) is 0 Å². The zero-order valence-electron chi connectivity index (χ0n) is 18.1. The molecular formula is C23H15Cl3FN3O5. The number of aromatic nitrogens is 3. The molecule has 2 aromatic heterocycles. The molecule has 2 aromatic carbocycles. The van der Waals surface area contributed by atoms with E-state index in [1.165, 1.54) is 23.0 Å². The molecule has 0 spiro atoms. The van der Waals surface area contributed by atoms with E-state index < -0.39 is 17.8 Å². The summed E-state index contributed by atoms with van der Waals surface area (Å²) in [6, 6.07) is 8.75. The third kappa shape index (κ3) is 4.38. The van der Waals surface area contributed by atoms with Gasteiger partial charge in [-0.1, -0.05) is 52.1 Å². The third-order valence-electron chi connectivity index (χ3n) is 4.92. The van der Waals surface area contributed by atoms with Crippen LogP contribution in [0.4, 0.5) is 4.39 Å². The molecule has 0 fully saturated rings. The fourth-order valence-corrected chi connectivity index (χ4v) is 4.04. The first-order valence-electron chi connectivity index (χ1n) is 10.0. The number of ether oxygens (including phenoxy) is 2. The van der Waals surface area contributed by atoms with Crippen LogP contribution in [-0.4, -0.2) is 40.6 Å². The highest BCUT2D eigenvalue weighted by atomic mass is 35.5. The van der Waals surface area contributed by atoms with Crippen LogP contribution in [0, 0.1) is 5.82 Å². The number of hydrogen-bond donors (Lipinski definition) is 0. The summed E-state index contributed by atoms with van der Waals surface area (Å²) in [6.07, 6.45) is 1.25. The Kier molecular flexibility index (Phi) is 7.11.